The number of nitrogens with one attached hydrogen (secondary N) is 1. The summed E-state index contributed by atoms with van der Waals surface area (Å²) in [5.41, 5.74) is 8.21. The third-order valence-corrected chi connectivity index (χ3v) is 3.44. The van der Waals surface area contributed by atoms with E-state index in [1.54, 1.807) is 0 Å². The first-order chi connectivity index (χ1) is 11.8. The summed E-state index contributed by atoms with van der Waals surface area (Å²) in [6, 6.07) is 20.7. The van der Waals surface area contributed by atoms with Gasteiger partial charge >= 0.3 is 12.1 Å². The molecule has 0 aliphatic carbocycles. The molecular formula is C17H16F3N3O2. The number of carboxylic acids is 1. The first-order valence-electron chi connectivity index (χ1n) is 7.29. The number of hydrogen-bond donors (Lipinski definition) is 3. The van der Waals surface area contributed by atoms with Crippen LogP contribution < -0.4 is 11.1 Å². The minimum Gasteiger partial charge on any atom is -0.475 e. The number of benzene rings is 2. The Labute approximate surface area is 142 Å². The smallest absolute Gasteiger partial charge is 0.475 e. The fourth-order valence-electron chi connectivity index (χ4n) is 2.34. The molecule has 25 heavy (non-hydrogen) atoms. The lowest BCUT2D eigenvalue weighted by molar-refractivity contribution is -0.192. The Hall–Kier alpha value is -3.03. The lowest BCUT2D eigenvalue weighted by atomic mass is 9.95. The fraction of sp³-hybridized carbons (Fsp3) is 0.176. The highest BCUT2D eigenvalue weighted by Gasteiger charge is 2.38. The Morgan fingerprint density at radius 3 is 1.88 bits per heavy atom. The van der Waals surface area contributed by atoms with E-state index in [4.69, 9.17) is 15.6 Å². The molecule has 2 aromatic carbocycles. The summed E-state index contributed by atoms with van der Waals surface area (Å²) in [5.74, 6) is -2.25. The number of nitrogens with zero attached hydrogens (tertiary/aromatic N) is 1. The predicted molar refractivity (Wildman–Crippen MR) is 86.8 cm³/mol. The molecule has 0 saturated heterocycles. The van der Waals surface area contributed by atoms with Crippen molar-refractivity contribution in [3.63, 3.8) is 0 Å². The third kappa shape index (κ3) is 4.97. The van der Waals surface area contributed by atoms with Gasteiger partial charge in [0.1, 0.15) is 6.04 Å². The molecular weight excluding hydrogens is 335 g/mol. The van der Waals surface area contributed by atoms with Crippen LogP contribution in [0.2, 0.25) is 0 Å². The van der Waals surface area contributed by atoms with Gasteiger partial charge in [-0.15, -0.1) is 0 Å². The minimum absolute atomic E-state index is 0.0496. The summed E-state index contributed by atoms with van der Waals surface area (Å²) in [6.07, 6.45) is -5.08. The monoisotopic (exact) mass is 351 g/mol. The van der Waals surface area contributed by atoms with E-state index in [0.717, 1.165) is 0 Å². The molecule has 0 spiro atoms. The molecule has 1 heterocycles. The van der Waals surface area contributed by atoms with Crippen molar-refractivity contribution < 1.29 is 23.1 Å². The van der Waals surface area contributed by atoms with Crippen LogP contribution in [0.3, 0.4) is 0 Å². The Balaban J connectivity index is 0.000000277. The molecule has 132 valence electrons. The number of halogens is 3. The van der Waals surface area contributed by atoms with Gasteiger partial charge in [0, 0.05) is 0 Å². The van der Waals surface area contributed by atoms with Gasteiger partial charge in [-0.25, -0.2) is 9.79 Å². The number of hydrogen-bond acceptors (Lipinski definition) is 4. The van der Waals surface area contributed by atoms with Gasteiger partial charge in [-0.3, -0.25) is 0 Å². The van der Waals surface area contributed by atoms with Crippen LogP contribution in [0.4, 0.5) is 13.2 Å². The highest BCUT2D eigenvalue weighted by atomic mass is 19.4. The molecule has 1 aliphatic heterocycles. The molecule has 0 fully saturated rings. The number of carbonyl (C=O) groups is 1. The molecule has 1 aliphatic rings. The largest absolute Gasteiger partial charge is 0.490 e. The molecule has 2 aromatic rings. The fourth-order valence-corrected chi connectivity index (χ4v) is 2.34. The van der Waals surface area contributed by atoms with Crippen molar-refractivity contribution in [3.8, 4) is 0 Å². The number of aliphatic carboxylic acids is 1. The number of nitrogens with two attached hydrogens (primary N) is 1. The van der Waals surface area contributed by atoms with Crippen molar-refractivity contribution in [2.75, 3.05) is 0 Å². The first kappa shape index (κ1) is 18.3. The minimum atomic E-state index is -5.08. The third-order valence-electron chi connectivity index (χ3n) is 3.44. The second-order valence-electron chi connectivity index (χ2n) is 5.21. The van der Waals surface area contributed by atoms with Crippen molar-refractivity contribution in [1.82, 2.24) is 5.32 Å². The van der Waals surface area contributed by atoms with Gasteiger partial charge in [0.05, 0.1) is 6.04 Å². The van der Waals surface area contributed by atoms with Gasteiger partial charge in [0.25, 0.3) is 0 Å². The molecule has 2 atom stereocenters. The average molecular weight is 351 g/mol. The Bertz CT molecular complexity index is 734. The highest BCUT2D eigenvalue weighted by molar-refractivity contribution is 5.81. The number of carboxylic acid groups (broad SMARTS) is 1. The van der Waals surface area contributed by atoms with Crippen LogP contribution in [0.25, 0.3) is 0 Å². The molecule has 0 amide bonds. The van der Waals surface area contributed by atoms with Crippen molar-refractivity contribution in [3.05, 3.63) is 71.8 Å². The molecule has 8 heteroatoms. The predicted octanol–water partition coefficient (Wildman–Crippen LogP) is 3.02. The van der Waals surface area contributed by atoms with Crippen LogP contribution in [0.15, 0.2) is 65.7 Å². The Kier molecular flexibility index (Phi) is 5.63. The van der Waals surface area contributed by atoms with Crippen LogP contribution in [0.1, 0.15) is 23.2 Å². The van der Waals surface area contributed by atoms with Gasteiger partial charge in [-0.05, 0) is 11.1 Å². The van der Waals surface area contributed by atoms with Crippen LogP contribution in [-0.2, 0) is 4.79 Å². The van der Waals surface area contributed by atoms with E-state index < -0.39 is 12.1 Å². The van der Waals surface area contributed by atoms with Crippen molar-refractivity contribution >= 4 is 11.9 Å². The summed E-state index contributed by atoms with van der Waals surface area (Å²) >= 11 is 0. The summed E-state index contributed by atoms with van der Waals surface area (Å²) in [4.78, 5) is 13.4. The zero-order valence-electron chi connectivity index (χ0n) is 12.9. The van der Waals surface area contributed by atoms with Crippen molar-refractivity contribution in [2.45, 2.75) is 18.3 Å². The normalized spacial score (nSPS) is 19.2. The average Bonchev–Trinajstić information content (AvgIpc) is 2.98. The van der Waals surface area contributed by atoms with E-state index in [2.05, 4.69) is 34.6 Å². The van der Waals surface area contributed by atoms with E-state index in [0.29, 0.717) is 5.96 Å². The lowest BCUT2D eigenvalue weighted by Crippen LogP contribution is -2.30. The number of rotatable bonds is 2. The number of aliphatic imine (C=N–C) groups is 1. The summed E-state index contributed by atoms with van der Waals surface area (Å²) in [6.45, 7) is 0. The summed E-state index contributed by atoms with van der Waals surface area (Å²) in [5, 5.41) is 10.4. The zero-order chi connectivity index (χ0) is 18.4. The molecule has 4 N–H and O–H groups in total. The quantitative estimate of drug-likeness (QED) is 0.776. The van der Waals surface area contributed by atoms with Gasteiger partial charge in [0.2, 0.25) is 0 Å². The Morgan fingerprint density at radius 1 is 1.00 bits per heavy atom. The topological polar surface area (TPSA) is 87.7 Å². The molecule has 0 bridgehead atoms. The molecule has 0 saturated carbocycles. The molecule has 3 rings (SSSR count). The summed E-state index contributed by atoms with van der Waals surface area (Å²) < 4.78 is 31.7. The molecule has 0 unspecified atom stereocenters. The Morgan fingerprint density at radius 2 is 1.44 bits per heavy atom. The van der Waals surface area contributed by atoms with Crippen LogP contribution in [0, 0.1) is 0 Å². The van der Waals surface area contributed by atoms with Gasteiger partial charge in [-0.2, -0.15) is 13.2 Å². The van der Waals surface area contributed by atoms with Crippen molar-refractivity contribution in [2.24, 2.45) is 10.7 Å². The van der Waals surface area contributed by atoms with Gasteiger partial charge < -0.3 is 16.2 Å². The van der Waals surface area contributed by atoms with E-state index >= 15 is 0 Å². The van der Waals surface area contributed by atoms with Crippen LogP contribution >= 0.6 is 0 Å². The second-order valence-corrected chi connectivity index (χ2v) is 5.21. The van der Waals surface area contributed by atoms with E-state index in [1.807, 2.05) is 36.4 Å². The first-order valence-corrected chi connectivity index (χ1v) is 7.29. The molecule has 5 nitrogen and oxygen atoms in total. The zero-order valence-corrected chi connectivity index (χ0v) is 12.9. The van der Waals surface area contributed by atoms with Gasteiger partial charge in [-0.1, -0.05) is 60.7 Å². The number of guanidine groups is 1. The van der Waals surface area contributed by atoms with E-state index in [1.165, 1.54) is 11.1 Å². The van der Waals surface area contributed by atoms with Gasteiger partial charge in [0.15, 0.2) is 5.96 Å². The summed E-state index contributed by atoms with van der Waals surface area (Å²) in [7, 11) is 0. The standard InChI is InChI=1S/C15H15N3.C2HF3O2/c16-15-17-13(11-7-3-1-4-8-11)14(18-15)12-9-5-2-6-10-12;3-2(4,5)1(6)7/h1-10,13-14H,(H3,16,17,18);(H,6,7)/t13-,14-;/m0./s1. The van der Waals surface area contributed by atoms with Crippen LogP contribution in [0.5, 0.6) is 0 Å². The van der Waals surface area contributed by atoms with Crippen molar-refractivity contribution in [1.29, 1.82) is 0 Å². The highest BCUT2D eigenvalue weighted by Crippen LogP contribution is 2.34. The van der Waals surface area contributed by atoms with E-state index in [-0.39, 0.29) is 12.1 Å². The number of alkyl halides is 3. The van der Waals surface area contributed by atoms with E-state index in [9.17, 15) is 13.2 Å². The maximum Gasteiger partial charge on any atom is 0.490 e. The molecule has 0 aromatic heterocycles. The molecule has 0 radical (unpaired) electrons. The lowest BCUT2D eigenvalue weighted by Gasteiger charge is -2.19. The maximum atomic E-state index is 10.6. The SMILES string of the molecule is NC1=N[C@@H](c2ccccc2)[C@H](c2ccccc2)N1.O=C(O)C(F)(F)F. The van der Waals surface area contributed by atoms with Crippen LogP contribution in [-0.4, -0.2) is 23.2 Å². The maximum absolute atomic E-state index is 10.6. The second kappa shape index (κ2) is 7.69.